The molecule has 2 aromatic rings. The molecule has 0 aromatic heterocycles. The zero-order valence-corrected chi connectivity index (χ0v) is 16.5. The first-order valence-corrected chi connectivity index (χ1v) is 10.6. The van der Waals surface area contributed by atoms with Gasteiger partial charge < -0.3 is 9.84 Å². The predicted octanol–water partition coefficient (Wildman–Crippen LogP) is 6.08. The van der Waals surface area contributed by atoms with Gasteiger partial charge in [0.2, 0.25) is 0 Å². The SMILES string of the molecule is CCc1ccc(Oc2ccc(F)cc2)cc1C1=C(O)C2C3CCC(CC3)C2C1=O. The summed E-state index contributed by atoms with van der Waals surface area (Å²) < 4.78 is 19.1. The van der Waals surface area contributed by atoms with Gasteiger partial charge in [0.05, 0.1) is 5.57 Å². The van der Waals surface area contributed by atoms with Crippen molar-refractivity contribution in [3.8, 4) is 11.5 Å². The van der Waals surface area contributed by atoms with Gasteiger partial charge in [-0.15, -0.1) is 0 Å². The highest BCUT2D eigenvalue weighted by Gasteiger charge is 2.54. The van der Waals surface area contributed by atoms with Gasteiger partial charge in [0.1, 0.15) is 23.1 Å². The quantitative estimate of drug-likeness (QED) is 0.685. The van der Waals surface area contributed by atoms with Gasteiger partial charge in [0, 0.05) is 11.8 Å². The van der Waals surface area contributed by atoms with Crippen LogP contribution < -0.4 is 4.74 Å². The normalized spacial score (nSPS) is 28.0. The third-order valence-electron chi connectivity index (χ3n) is 7.12. The molecule has 0 radical (unpaired) electrons. The van der Waals surface area contributed by atoms with Crippen LogP contribution in [0.2, 0.25) is 0 Å². The van der Waals surface area contributed by atoms with Crippen LogP contribution in [-0.2, 0) is 11.2 Å². The summed E-state index contributed by atoms with van der Waals surface area (Å²) in [4.78, 5) is 13.4. The van der Waals surface area contributed by atoms with Crippen molar-refractivity contribution in [2.24, 2.45) is 23.7 Å². The maximum Gasteiger partial charge on any atom is 0.170 e. The van der Waals surface area contributed by atoms with E-state index in [0.29, 0.717) is 34.7 Å². The van der Waals surface area contributed by atoms with Crippen LogP contribution in [-0.4, -0.2) is 10.9 Å². The largest absolute Gasteiger partial charge is 0.511 e. The van der Waals surface area contributed by atoms with E-state index in [1.165, 1.54) is 12.1 Å². The molecule has 4 heteroatoms. The van der Waals surface area contributed by atoms with Crippen molar-refractivity contribution in [1.29, 1.82) is 0 Å². The summed E-state index contributed by atoms with van der Waals surface area (Å²) in [5.74, 6) is 1.97. The lowest BCUT2D eigenvalue weighted by atomic mass is 9.59. The standard InChI is InChI=1S/C25H25FO3/c1-2-14-7-10-19(29-18-11-8-17(26)9-12-18)13-20(14)23-24(27)21-15-3-4-16(6-5-15)22(21)25(23)28/h7-13,15-16,21-22,27H,2-6H2,1H3. The number of halogens is 1. The van der Waals surface area contributed by atoms with Crippen LogP contribution >= 0.6 is 0 Å². The number of Topliss-reactive ketones (excluding diaryl/α,β-unsaturated/α-hetero) is 1. The summed E-state index contributed by atoms with van der Waals surface area (Å²) in [7, 11) is 0. The first-order valence-electron chi connectivity index (χ1n) is 10.6. The average Bonchev–Trinajstić information content (AvgIpc) is 3.03. The second kappa shape index (κ2) is 7.01. The number of hydrogen-bond acceptors (Lipinski definition) is 3. The number of hydrogen-bond donors (Lipinski definition) is 1. The number of carbonyl (C=O) groups excluding carboxylic acids is 1. The van der Waals surface area contributed by atoms with E-state index in [0.717, 1.165) is 43.2 Å². The summed E-state index contributed by atoms with van der Waals surface area (Å²) in [5, 5.41) is 11.1. The second-order valence-electron chi connectivity index (χ2n) is 8.58. The molecular formula is C25H25FO3. The minimum Gasteiger partial charge on any atom is -0.511 e. The first kappa shape index (κ1) is 18.4. The third-order valence-corrected chi connectivity index (χ3v) is 7.12. The van der Waals surface area contributed by atoms with Crippen molar-refractivity contribution in [2.45, 2.75) is 39.0 Å². The minimum atomic E-state index is -0.316. The maximum atomic E-state index is 13.4. The Labute approximate surface area is 170 Å². The van der Waals surface area contributed by atoms with Gasteiger partial charge in [0.25, 0.3) is 0 Å². The highest BCUT2D eigenvalue weighted by atomic mass is 19.1. The molecule has 6 rings (SSSR count). The molecule has 0 aliphatic heterocycles. The van der Waals surface area contributed by atoms with Gasteiger partial charge in [-0.1, -0.05) is 13.0 Å². The number of ether oxygens (including phenoxy) is 1. The van der Waals surface area contributed by atoms with E-state index in [-0.39, 0.29) is 23.4 Å². The molecule has 2 bridgehead atoms. The van der Waals surface area contributed by atoms with Crippen LogP contribution in [0.5, 0.6) is 11.5 Å². The molecule has 2 aromatic carbocycles. The van der Waals surface area contributed by atoms with E-state index >= 15 is 0 Å². The number of allylic oxidation sites excluding steroid dienone is 2. The predicted molar refractivity (Wildman–Crippen MR) is 109 cm³/mol. The van der Waals surface area contributed by atoms with Crippen molar-refractivity contribution >= 4 is 11.4 Å². The second-order valence-corrected chi connectivity index (χ2v) is 8.58. The Bertz CT molecular complexity index is 984. The molecule has 3 fully saturated rings. The zero-order chi connectivity index (χ0) is 20.1. The number of fused-ring (bicyclic) bond motifs is 2. The smallest absolute Gasteiger partial charge is 0.170 e. The lowest BCUT2D eigenvalue weighted by Gasteiger charge is -2.44. The molecular weight excluding hydrogens is 367 g/mol. The molecule has 2 unspecified atom stereocenters. The number of benzene rings is 2. The van der Waals surface area contributed by atoms with Crippen molar-refractivity contribution < 1.29 is 19.0 Å². The van der Waals surface area contributed by atoms with Crippen molar-refractivity contribution in [2.75, 3.05) is 0 Å². The Morgan fingerprint density at radius 2 is 1.59 bits per heavy atom. The first-order chi connectivity index (χ1) is 14.1. The molecule has 150 valence electrons. The Kier molecular flexibility index (Phi) is 4.45. The summed E-state index contributed by atoms with van der Waals surface area (Å²) >= 11 is 0. The Balaban J connectivity index is 1.54. The van der Waals surface area contributed by atoms with Crippen LogP contribution in [0.4, 0.5) is 4.39 Å². The summed E-state index contributed by atoms with van der Waals surface area (Å²) in [5.41, 5.74) is 2.31. The molecule has 0 heterocycles. The number of rotatable bonds is 4. The van der Waals surface area contributed by atoms with E-state index < -0.39 is 0 Å². The van der Waals surface area contributed by atoms with Crippen molar-refractivity contribution in [3.05, 3.63) is 65.2 Å². The van der Waals surface area contributed by atoms with Crippen LogP contribution in [0.15, 0.2) is 48.2 Å². The molecule has 4 aliphatic rings. The van der Waals surface area contributed by atoms with Gasteiger partial charge in [-0.05, 0) is 91.5 Å². The van der Waals surface area contributed by atoms with E-state index in [1.54, 1.807) is 12.1 Å². The fourth-order valence-corrected chi connectivity index (χ4v) is 5.75. The highest BCUT2D eigenvalue weighted by Crippen LogP contribution is 2.57. The van der Waals surface area contributed by atoms with Crippen molar-refractivity contribution in [1.82, 2.24) is 0 Å². The highest BCUT2D eigenvalue weighted by molar-refractivity contribution is 6.25. The van der Waals surface area contributed by atoms with Crippen molar-refractivity contribution in [3.63, 3.8) is 0 Å². The molecule has 3 saturated carbocycles. The molecule has 0 spiro atoms. The Morgan fingerprint density at radius 1 is 0.966 bits per heavy atom. The van der Waals surface area contributed by atoms with Crippen LogP contribution in [0.25, 0.3) is 5.57 Å². The molecule has 0 saturated heterocycles. The Hall–Kier alpha value is -2.62. The fraction of sp³-hybridized carbons (Fsp3) is 0.400. The van der Waals surface area contributed by atoms with E-state index in [4.69, 9.17) is 4.74 Å². The van der Waals surface area contributed by atoms with E-state index in [1.807, 2.05) is 25.1 Å². The molecule has 4 aliphatic carbocycles. The summed E-state index contributed by atoms with van der Waals surface area (Å²) in [6, 6.07) is 11.5. The molecule has 1 N–H and O–H groups in total. The van der Waals surface area contributed by atoms with Gasteiger partial charge in [0.15, 0.2) is 5.78 Å². The zero-order valence-electron chi connectivity index (χ0n) is 16.5. The minimum absolute atomic E-state index is 0.00335. The lowest BCUT2D eigenvalue weighted by Crippen LogP contribution is -2.41. The Morgan fingerprint density at radius 3 is 2.21 bits per heavy atom. The molecule has 2 atom stereocenters. The number of carbonyl (C=O) groups is 1. The maximum absolute atomic E-state index is 13.4. The van der Waals surface area contributed by atoms with E-state index in [2.05, 4.69) is 0 Å². The average molecular weight is 392 g/mol. The van der Waals surface area contributed by atoms with Crippen LogP contribution in [0.3, 0.4) is 0 Å². The number of aliphatic hydroxyl groups is 1. The monoisotopic (exact) mass is 392 g/mol. The molecule has 3 nitrogen and oxygen atoms in total. The molecule has 29 heavy (non-hydrogen) atoms. The fourth-order valence-electron chi connectivity index (χ4n) is 5.75. The van der Waals surface area contributed by atoms with Gasteiger partial charge in [-0.2, -0.15) is 0 Å². The molecule has 0 amide bonds. The lowest BCUT2D eigenvalue weighted by molar-refractivity contribution is -0.123. The van der Waals surface area contributed by atoms with Gasteiger partial charge in [-0.3, -0.25) is 4.79 Å². The summed E-state index contributed by atoms with van der Waals surface area (Å²) in [6.45, 7) is 2.05. The summed E-state index contributed by atoms with van der Waals surface area (Å²) in [6.07, 6.45) is 5.20. The van der Waals surface area contributed by atoms with Gasteiger partial charge >= 0.3 is 0 Å². The van der Waals surface area contributed by atoms with Gasteiger partial charge in [-0.25, -0.2) is 4.39 Å². The van der Waals surface area contributed by atoms with Crippen LogP contribution in [0, 0.1) is 29.5 Å². The van der Waals surface area contributed by atoms with Crippen LogP contribution in [0.1, 0.15) is 43.7 Å². The topological polar surface area (TPSA) is 46.5 Å². The number of aryl methyl sites for hydroxylation is 1. The van der Waals surface area contributed by atoms with E-state index in [9.17, 15) is 14.3 Å². The third kappa shape index (κ3) is 2.97. The number of aliphatic hydroxyl groups excluding tert-OH is 1. The number of ketones is 1.